The molecule has 0 unspecified atom stereocenters. The lowest BCUT2D eigenvalue weighted by Crippen LogP contribution is -2.10. The van der Waals surface area contributed by atoms with Gasteiger partial charge in [0, 0.05) is 23.1 Å². The normalized spacial score (nSPS) is 11.8. The summed E-state index contributed by atoms with van der Waals surface area (Å²) in [4.78, 5) is 10.5. The molecule has 0 saturated carbocycles. The molecule has 0 bridgehead atoms. The number of carboxylic acids is 1. The first-order valence-corrected chi connectivity index (χ1v) is 6.06. The molecule has 1 N–H and O–H groups in total. The van der Waals surface area contributed by atoms with Crippen molar-refractivity contribution in [3.63, 3.8) is 0 Å². The van der Waals surface area contributed by atoms with Crippen molar-refractivity contribution in [1.29, 1.82) is 0 Å². The maximum Gasteiger partial charge on any atom is 0.389 e. The average molecular weight is 309 g/mol. The van der Waals surface area contributed by atoms with Crippen LogP contribution in [0.5, 0.6) is 5.75 Å². The van der Waals surface area contributed by atoms with Crippen LogP contribution in [-0.2, 0) is 4.79 Å². The average Bonchev–Trinajstić information content (AvgIpc) is 2.32. The highest BCUT2D eigenvalue weighted by Gasteiger charge is 2.26. The minimum absolute atomic E-state index is 0.116. The van der Waals surface area contributed by atoms with E-state index < -0.39 is 18.6 Å². The lowest BCUT2D eigenvalue weighted by Gasteiger charge is -2.10. The summed E-state index contributed by atoms with van der Waals surface area (Å²) in [5.74, 6) is -0.859. The quantitative estimate of drug-likeness (QED) is 0.634. The van der Waals surface area contributed by atoms with Crippen molar-refractivity contribution in [2.24, 2.45) is 0 Å². The number of carbonyl (C=O) groups is 1. The molecule has 0 radical (unpaired) electrons. The van der Waals surface area contributed by atoms with Crippen LogP contribution in [0, 0.1) is 0 Å². The summed E-state index contributed by atoms with van der Waals surface area (Å²) in [6.07, 6.45) is -3.15. The van der Waals surface area contributed by atoms with E-state index in [1.54, 1.807) is 0 Å². The maximum absolute atomic E-state index is 12.0. The van der Waals surface area contributed by atoms with Gasteiger partial charge in [0.2, 0.25) is 0 Å². The first-order chi connectivity index (χ1) is 9.28. The monoisotopic (exact) mass is 308 g/mol. The zero-order valence-corrected chi connectivity index (χ0v) is 11.0. The lowest BCUT2D eigenvalue weighted by atomic mass is 10.2. The molecule has 0 aliphatic heterocycles. The van der Waals surface area contributed by atoms with Crippen molar-refractivity contribution >= 4 is 23.6 Å². The largest absolute Gasteiger partial charge is 0.493 e. The fourth-order valence-electron chi connectivity index (χ4n) is 1.40. The Hall–Kier alpha value is -1.69. The third kappa shape index (κ3) is 6.47. The predicted molar refractivity (Wildman–Crippen MR) is 68.9 cm³/mol. The van der Waals surface area contributed by atoms with Gasteiger partial charge in [-0.25, -0.2) is 4.79 Å². The first-order valence-electron chi connectivity index (χ1n) is 5.68. The topological polar surface area (TPSA) is 46.5 Å². The van der Waals surface area contributed by atoms with Crippen LogP contribution in [0.2, 0.25) is 5.02 Å². The van der Waals surface area contributed by atoms with Crippen LogP contribution < -0.4 is 4.74 Å². The van der Waals surface area contributed by atoms with Gasteiger partial charge in [-0.15, -0.1) is 0 Å². The van der Waals surface area contributed by atoms with E-state index in [9.17, 15) is 18.0 Å². The molecule has 110 valence electrons. The lowest BCUT2D eigenvalue weighted by molar-refractivity contribution is -0.136. The van der Waals surface area contributed by atoms with E-state index >= 15 is 0 Å². The second-order valence-corrected chi connectivity index (χ2v) is 4.36. The molecule has 0 aliphatic carbocycles. The molecular formula is C13H12ClF3O3. The highest BCUT2D eigenvalue weighted by molar-refractivity contribution is 6.30. The van der Waals surface area contributed by atoms with Gasteiger partial charge in [0.15, 0.2) is 0 Å². The Morgan fingerprint density at radius 2 is 2.10 bits per heavy atom. The number of hydrogen-bond acceptors (Lipinski definition) is 2. The Kier molecular flexibility index (Phi) is 5.88. The van der Waals surface area contributed by atoms with Gasteiger partial charge in [0.25, 0.3) is 0 Å². The summed E-state index contributed by atoms with van der Waals surface area (Å²) < 4.78 is 41.1. The molecule has 1 aromatic carbocycles. The molecule has 0 aliphatic rings. The number of alkyl halides is 3. The van der Waals surface area contributed by atoms with E-state index in [1.807, 2.05) is 0 Å². The van der Waals surface area contributed by atoms with Crippen molar-refractivity contribution in [3.05, 3.63) is 34.9 Å². The van der Waals surface area contributed by atoms with Crippen LogP contribution in [0.3, 0.4) is 0 Å². The van der Waals surface area contributed by atoms with Gasteiger partial charge in [0.1, 0.15) is 5.75 Å². The van der Waals surface area contributed by atoms with Crippen molar-refractivity contribution in [2.75, 3.05) is 6.61 Å². The highest BCUT2D eigenvalue weighted by Crippen LogP contribution is 2.25. The molecular weight excluding hydrogens is 297 g/mol. The summed E-state index contributed by atoms with van der Waals surface area (Å²) in [5, 5.41) is 8.93. The van der Waals surface area contributed by atoms with Crippen LogP contribution >= 0.6 is 11.6 Å². The van der Waals surface area contributed by atoms with E-state index in [4.69, 9.17) is 21.4 Å². The molecule has 0 amide bonds. The van der Waals surface area contributed by atoms with E-state index in [-0.39, 0.29) is 18.8 Å². The highest BCUT2D eigenvalue weighted by atomic mass is 35.5. The molecule has 0 aromatic heterocycles. The number of hydrogen-bond donors (Lipinski definition) is 1. The van der Waals surface area contributed by atoms with Crippen LogP contribution in [-0.4, -0.2) is 23.9 Å². The zero-order chi connectivity index (χ0) is 15.2. The van der Waals surface area contributed by atoms with E-state index in [0.717, 1.165) is 6.08 Å². The van der Waals surface area contributed by atoms with Crippen molar-refractivity contribution < 1.29 is 27.8 Å². The molecule has 20 heavy (non-hydrogen) atoms. The SMILES string of the molecule is O=C(O)/C=C/c1cc(Cl)ccc1OCCCC(F)(F)F. The second kappa shape index (κ2) is 7.19. The Balaban J connectivity index is 2.67. The Morgan fingerprint density at radius 1 is 1.40 bits per heavy atom. The zero-order valence-electron chi connectivity index (χ0n) is 10.3. The summed E-state index contributed by atoms with van der Waals surface area (Å²) in [7, 11) is 0. The van der Waals surface area contributed by atoms with Crippen molar-refractivity contribution in [2.45, 2.75) is 19.0 Å². The number of aliphatic carboxylic acids is 1. The van der Waals surface area contributed by atoms with Crippen LogP contribution in [0.1, 0.15) is 18.4 Å². The van der Waals surface area contributed by atoms with Gasteiger partial charge in [-0.1, -0.05) is 11.6 Å². The van der Waals surface area contributed by atoms with Crippen LogP contribution in [0.4, 0.5) is 13.2 Å². The summed E-state index contributed by atoms with van der Waals surface area (Å²) >= 11 is 5.77. The van der Waals surface area contributed by atoms with Gasteiger partial charge in [0.05, 0.1) is 6.61 Å². The standard InChI is InChI=1S/C13H12ClF3O3/c14-10-3-4-11(9(8-10)2-5-12(18)19)20-7-1-6-13(15,16)17/h2-5,8H,1,6-7H2,(H,18,19)/b5-2+. The first kappa shape index (κ1) is 16.4. The number of carboxylic acid groups (broad SMARTS) is 1. The fourth-order valence-corrected chi connectivity index (χ4v) is 1.58. The molecule has 1 rings (SSSR count). The molecule has 0 atom stereocenters. The van der Waals surface area contributed by atoms with Crippen molar-refractivity contribution in [3.8, 4) is 5.75 Å². The maximum atomic E-state index is 12.0. The smallest absolute Gasteiger partial charge is 0.389 e. The molecule has 0 saturated heterocycles. The molecule has 1 aromatic rings. The molecule has 0 heterocycles. The third-order valence-electron chi connectivity index (χ3n) is 2.24. The van der Waals surface area contributed by atoms with E-state index in [2.05, 4.69) is 0 Å². The van der Waals surface area contributed by atoms with Gasteiger partial charge in [-0.2, -0.15) is 13.2 Å². The summed E-state index contributed by atoms with van der Waals surface area (Å²) in [6.45, 7) is -0.116. The molecule has 0 spiro atoms. The number of halogens is 4. The van der Waals surface area contributed by atoms with Gasteiger partial charge in [-0.05, 0) is 30.7 Å². The van der Waals surface area contributed by atoms with Crippen LogP contribution in [0.15, 0.2) is 24.3 Å². The predicted octanol–water partition coefficient (Wildman–Crippen LogP) is 4.16. The fraction of sp³-hybridized carbons (Fsp3) is 0.308. The van der Waals surface area contributed by atoms with E-state index in [0.29, 0.717) is 10.6 Å². The Bertz CT molecular complexity index is 498. The minimum atomic E-state index is -4.21. The summed E-state index contributed by atoms with van der Waals surface area (Å²) in [6, 6.07) is 4.47. The number of rotatable bonds is 6. The van der Waals surface area contributed by atoms with Crippen LogP contribution in [0.25, 0.3) is 6.08 Å². The number of ether oxygens (including phenoxy) is 1. The minimum Gasteiger partial charge on any atom is -0.493 e. The molecule has 7 heteroatoms. The van der Waals surface area contributed by atoms with E-state index in [1.165, 1.54) is 24.3 Å². The Labute approximate surface area is 118 Å². The number of benzene rings is 1. The molecule has 0 fully saturated rings. The Morgan fingerprint density at radius 3 is 2.70 bits per heavy atom. The summed E-state index contributed by atoms with van der Waals surface area (Å²) in [5.41, 5.74) is 0.395. The second-order valence-electron chi connectivity index (χ2n) is 3.92. The third-order valence-corrected chi connectivity index (χ3v) is 2.47. The van der Waals surface area contributed by atoms with Gasteiger partial charge >= 0.3 is 12.1 Å². The van der Waals surface area contributed by atoms with Crippen molar-refractivity contribution in [1.82, 2.24) is 0 Å². The van der Waals surface area contributed by atoms with Gasteiger partial charge in [-0.3, -0.25) is 0 Å². The molecule has 3 nitrogen and oxygen atoms in total. The van der Waals surface area contributed by atoms with Gasteiger partial charge < -0.3 is 9.84 Å².